The van der Waals surface area contributed by atoms with Crippen LogP contribution in [0.5, 0.6) is 0 Å². The molecule has 5 nitrogen and oxygen atoms in total. The monoisotopic (exact) mass is 297 g/mol. The van der Waals surface area contributed by atoms with Crippen LogP contribution < -0.4 is 4.72 Å². The third-order valence-electron chi connectivity index (χ3n) is 3.57. The van der Waals surface area contributed by atoms with E-state index in [1.807, 2.05) is 12.1 Å². The average molecular weight is 297 g/mol. The van der Waals surface area contributed by atoms with E-state index in [2.05, 4.69) is 21.8 Å². The van der Waals surface area contributed by atoms with Crippen molar-refractivity contribution in [3.8, 4) is 0 Å². The standard InChI is InChI=1S/C14H23N3O2S/c1-16(2)20(18,19)15-11-13-5-7-14(8-6-13)12-17-9-3-4-10-17/h5-8,15H,3-4,9-12H2,1-2H3. The number of hydrogen-bond donors (Lipinski definition) is 1. The molecular weight excluding hydrogens is 274 g/mol. The molecule has 0 atom stereocenters. The Morgan fingerprint density at radius 3 is 2.20 bits per heavy atom. The first-order chi connectivity index (χ1) is 9.47. The zero-order chi connectivity index (χ0) is 14.6. The van der Waals surface area contributed by atoms with Crippen LogP contribution in [-0.4, -0.2) is 44.8 Å². The van der Waals surface area contributed by atoms with Gasteiger partial charge in [-0.25, -0.2) is 0 Å². The van der Waals surface area contributed by atoms with Crippen molar-refractivity contribution >= 4 is 10.2 Å². The minimum absolute atomic E-state index is 0.324. The van der Waals surface area contributed by atoms with Crippen molar-refractivity contribution in [2.24, 2.45) is 0 Å². The molecule has 1 fully saturated rings. The van der Waals surface area contributed by atoms with Crippen molar-refractivity contribution in [1.29, 1.82) is 0 Å². The predicted octanol–water partition coefficient (Wildman–Crippen LogP) is 1.18. The van der Waals surface area contributed by atoms with Gasteiger partial charge in [-0.2, -0.15) is 17.4 Å². The van der Waals surface area contributed by atoms with Crippen molar-refractivity contribution in [2.45, 2.75) is 25.9 Å². The van der Waals surface area contributed by atoms with Crippen LogP contribution in [0.4, 0.5) is 0 Å². The van der Waals surface area contributed by atoms with Gasteiger partial charge in [0.05, 0.1) is 0 Å². The highest BCUT2D eigenvalue weighted by Crippen LogP contribution is 2.13. The van der Waals surface area contributed by atoms with Gasteiger partial charge in [0, 0.05) is 27.2 Å². The summed E-state index contributed by atoms with van der Waals surface area (Å²) in [7, 11) is -0.319. The van der Waals surface area contributed by atoms with Gasteiger partial charge in [0.1, 0.15) is 0 Å². The van der Waals surface area contributed by atoms with Gasteiger partial charge in [0.2, 0.25) is 0 Å². The molecule has 0 aliphatic carbocycles. The summed E-state index contributed by atoms with van der Waals surface area (Å²) in [6.07, 6.45) is 2.59. The minimum atomic E-state index is -3.35. The van der Waals surface area contributed by atoms with E-state index in [-0.39, 0.29) is 0 Å². The largest absolute Gasteiger partial charge is 0.299 e. The minimum Gasteiger partial charge on any atom is -0.299 e. The molecule has 0 radical (unpaired) electrons. The Labute approximate surface area is 121 Å². The summed E-state index contributed by atoms with van der Waals surface area (Å²) in [6.45, 7) is 3.68. The van der Waals surface area contributed by atoms with Crippen molar-refractivity contribution < 1.29 is 8.42 Å². The first-order valence-corrected chi connectivity index (χ1v) is 8.39. The third kappa shape index (κ3) is 4.28. The molecule has 0 bridgehead atoms. The van der Waals surface area contributed by atoms with Crippen LogP contribution in [0.1, 0.15) is 24.0 Å². The average Bonchev–Trinajstić information content (AvgIpc) is 2.91. The molecule has 0 saturated carbocycles. The van der Waals surface area contributed by atoms with Crippen LogP contribution in [-0.2, 0) is 23.3 Å². The highest BCUT2D eigenvalue weighted by Gasteiger charge is 2.13. The van der Waals surface area contributed by atoms with Gasteiger partial charge < -0.3 is 0 Å². The number of nitrogens with one attached hydrogen (secondary N) is 1. The van der Waals surface area contributed by atoms with Crippen LogP contribution in [0.25, 0.3) is 0 Å². The molecular formula is C14H23N3O2S. The Bertz CT molecular complexity index is 520. The quantitative estimate of drug-likeness (QED) is 0.858. The van der Waals surface area contributed by atoms with Gasteiger partial charge in [-0.05, 0) is 37.1 Å². The maximum atomic E-state index is 11.6. The Morgan fingerprint density at radius 2 is 1.65 bits per heavy atom. The summed E-state index contributed by atoms with van der Waals surface area (Å²) in [5.74, 6) is 0. The molecule has 112 valence electrons. The summed E-state index contributed by atoms with van der Waals surface area (Å²) in [5.41, 5.74) is 2.26. The van der Waals surface area contributed by atoms with E-state index in [1.165, 1.54) is 49.9 Å². The fraction of sp³-hybridized carbons (Fsp3) is 0.571. The Morgan fingerprint density at radius 1 is 1.10 bits per heavy atom. The lowest BCUT2D eigenvalue weighted by molar-refractivity contribution is 0.331. The van der Waals surface area contributed by atoms with Crippen molar-refractivity contribution in [3.63, 3.8) is 0 Å². The molecule has 0 spiro atoms. The Kier molecular flexibility index (Phi) is 5.15. The van der Waals surface area contributed by atoms with E-state index in [1.54, 1.807) is 0 Å². The normalized spacial score (nSPS) is 16.9. The van der Waals surface area contributed by atoms with E-state index >= 15 is 0 Å². The highest BCUT2D eigenvalue weighted by atomic mass is 32.2. The first-order valence-electron chi connectivity index (χ1n) is 6.95. The van der Waals surface area contributed by atoms with Gasteiger partial charge in [-0.15, -0.1) is 0 Å². The van der Waals surface area contributed by atoms with Gasteiger partial charge in [-0.1, -0.05) is 24.3 Å². The molecule has 1 heterocycles. The zero-order valence-corrected chi connectivity index (χ0v) is 13.0. The molecule has 1 aliphatic rings. The molecule has 1 aromatic rings. The number of rotatable bonds is 6. The van der Waals surface area contributed by atoms with Crippen molar-refractivity contribution in [3.05, 3.63) is 35.4 Å². The molecule has 1 saturated heterocycles. The maximum absolute atomic E-state index is 11.6. The summed E-state index contributed by atoms with van der Waals surface area (Å²) in [4.78, 5) is 2.45. The summed E-state index contributed by atoms with van der Waals surface area (Å²) in [6, 6.07) is 8.14. The maximum Gasteiger partial charge on any atom is 0.279 e. The van der Waals surface area contributed by atoms with Crippen molar-refractivity contribution in [1.82, 2.24) is 13.9 Å². The molecule has 20 heavy (non-hydrogen) atoms. The molecule has 6 heteroatoms. The lowest BCUT2D eigenvalue weighted by Gasteiger charge is -2.15. The second-order valence-electron chi connectivity index (χ2n) is 5.41. The van der Waals surface area contributed by atoms with Crippen LogP contribution in [0.3, 0.4) is 0 Å². The fourth-order valence-corrected chi connectivity index (χ4v) is 2.87. The summed E-state index contributed by atoms with van der Waals surface area (Å²) >= 11 is 0. The topological polar surface area (TPSA) is 52.7 Å². The van der Waals surface area contributed by atoms with E-state index in [0.717, 1.165) is 12.1 Å². The SMILES string of the molecule is CN(C)S(=O)(=O)NCc1ccc(CN2CCCC2)cc1. The third-order valence-corrected chi connectivity index (χ3v) is 5.04. The molecule has 1 N–H and O–H groups in total. The van der Waals surface area contributed by atoms with Crippen molar-refractivity contribution in [2.75, 3.05) is 27.2 Å². The second-order valence-corrected chi connectivity index (χ2v) is 7.38. The number of hydrogen-bond acceptors (Lipinski definition) is 3. The van der Waals surface area contributed by atoms with Crippen LogP contribution in [0, 0.1) is 0 Å². The molecule has 0 amide bonds. The molecule has 0 unspecified atom stereocenters. The highest BCUT2D eigenvalue weighted by molar-refractivity contribution is 7.87. The molecule has 2 rings (SSSR count). The summed E-state index contributed by atoms with van der Waals surface area (Å²) in [5, 5.41) is 0. The number of nitrogens with zero attached hydrogens (tertiary/aromatic N) is 2. The van der Waals surface area contributed by atoms with Crippen LogP contribution in [0.15, 0.2) is 24.3 Å². The molecule has 1 aromatic carbocycles. The van der Waals surface area contributed by atoms with Crippen LogP contribution in [0.2, 0.25) is 0 Å². The lowest BCUT2D eigenvalue weighted by Crippen LogP contribution is -2.35. The van der Waals surface area contributed by atoms with Crippen LogP contribution >= 0.6 is 0 Å². The van der Waals surface area contributed by atoms with E-state index in [4.69, 9.17) is 0 Å². The van der Waals surface area contributed by atoms with E-state index in [9.17, 15) is 8.42 Å². The van der Waals surface area contributed by atoms with Gasteiger partial charge in [0.15, 0.2) is 0 Å². The molecule has 0 aromatic heterocycles. The van der Waals surface area contributed by atoms with Gasteiger partial charge in [0.25, 0.3) is 10.2 Å². The number of likely N-dealkylation sites (tertiary alicyclic amines) is 1. The van der Waals surface area contributed by atoms with Gasteiger partial charge >= 0.3 is 0 Å². The zero-order valence-electron chi connectivity index (χ0n) is 12.2. The fourth-order valence-electron chi connectivity index (χ4n) is 2.27. The number of benzene rings is 1. The smallest absolute Gasteiger partial charge is 0.279 e. The van der Waals surface area contributed by atoms with Gasteiger partial charge in [-0.3, -0.25) is 4.90 Å². The first kappa shape index (κ1) is 15.4. The predicted molar refractivity (Wildman–Crippen MR) is 80.4 cm³/mol. The van der Waals surface area contributed by atoms with E-state index < -0.39 is 10.2 Å². The molecule has 1 aliphatic heterocycles. The lowest BCUT2D eigenvalue weighted by atomic mass is 10.1. The Balaban J connectivity index is 1.88. The summed E-state index contributed by atoms with van der Waals surface area (Å²) < 4.78 is 26.9. The Hall–Kier alpha value is -0.950. The second kappa shape index (κ2) is 6.67. The van der Waals surface area contributed by atoms with E-state index in [0.29, 0.717) is 6.54 Å².